The van der Waals surface area contributed by atoms with Crippen molar-refractivity contribution in [1.29, 1.82) is 0 Å². The van der Waals surface area contributed by atoms with E-state index >= 15 is 0 Å². The Kier molecular flexibility index (Phi) is 1.62. The van der Waals surface area contributed by atoms with Crippen molar-refractivity contribution in [2.75, 3.05) is 0 Å². The van der Waals surface area contributed by atoms with Crippen molar-refractivity contribution in [3.63, 3.8) is 0 Å². The molecule has 0 aromatic carbocycles. The molecule has 1 saturated carbocycles. The third kappa shape index (κ3) is 1.33. The monoisotopic (exact) mass is 126 g/mol. The molecule has 1 aliphatic rings. The minimum atomic E-state index is -0.0695. The lowest BCUT2D eigenvalue weighted by molar-refractivity contribution is 0.264. The van der Waals surface area contributed by atoms with Crippen LogP contribution in [0.25, 0.3) is 0 Å². The predicted octanol–water partition coefficient (Wildman–Crippen LogP) is 1.58. The first-order valence-corrected chi connectivity index (χ1v) is 3.49. The van der Waals surface area contributed by atoms with E-state index in [1.54, 1.807) is 0 Å². The van der Waals surface area contributed by atoms with Crippen molar-refractivity contribution in [2.24, 2.45) is 11.8 Å². The van der Waals surface area contributed by atoms with Crippen molar-refractivity contribution in [3.8, 4) is 0 Å². The molecule has 0 aromatic rings. The van der Waals surface area contributed by atoms with E-state index in [9.17, 15) is 0 Å². The second-order valence-corrected chi connectivity index (χ2v) is 3.14. The molecule has 1 aliphatic carbocycles. The van der Waals surface area contributed by atoms with Crippen molar-refractivity contribution in [1.82, 2.24) is 0 Å². The van der Waals surface area contributed by atoms with Gasteiger partial charge in [0, 0.05) is 5.92 Å². The fourth-order valence-corrected chi connectivity index (χ4v) is 1.01. The Morgan fingerprint density at radius 2 is 2.11 bits per heavy atom. The Balaban J connectivity index is 2.36. The second-order valence-electron chi connectivity index (χ2n) is 3.14. The molecule has 1 heteroatoms. The quantitative estimate of drug-likeness (QED) is 0.557. The molecule has 0 bridgehead atoms. The van der Waals surface area contributed by atoms with Gasteiger partial charge in [-0.05, 0) is 12.3 Å². The summed E-state index contributed by atoms with van der Waals surface area (Å²) in [6.45, 7) is 8.14. The molecule has 1 rings (SSSR count). The standard InChI is InChI=1S/C8H14O/c1-5(2)6(3)7-4-8(7)9/h5,7-9H,3-4H2,1-2H3. The van der Waals surface area contributed by atoms with Crippen LogP contribution in [0.3, 0.4) is 0 Å². The smallest absolute Gasteiger partial charge is 0.0613 e. The van der Waals surface area contributed by atoms with E-state index in [0.29, 0.717) is 11.8 Å². The van der Waals surface area contributed by atoms with E-state index < -0.39 is 0 Å². The maximum Gasteiger partial charge on any atom is 0.0613 e. The molecular weight excluding hydrogens is 112 g/mol. The van der Waals surface area contributed by atoms with E-state index in [0.717, 1.165) is 6.42 Å². The van der Waals surface area contributed by atoms with E-state index in [4.69, 9.17) is 5.11 Å². The van der Waals surface area contributed by atoms with Crippen LogP contribution in [0.2, 0.25) is 0 Å². The van der Waals surface area contributed by atoms with Crippen LogP contribution in [0.4, 0.5) is 0 Å². The van der Waals surface area contributed by atoms with Crippen LogP contribution in [-0.2, 0) is 0 Å². The zero-order valence-corrected chi connectivity index (χ0v) is 6.09. The van der Waals surface area contributed by atoms with Crippen LogP contribution in [0.15, 0.2) is 12.2 Å². The number of hydrogen-bond donors (Lipinski definition) is 1. The number of aliphatic hydroxyl groups is 1. The molecule has 0 spiro atoms. The molecule has 0 heterocycles. The van der Waals surface area contributed by atoms with Gasteiger partial charge in [-0.2, -0.15) is 0 Å². The van der Waals surface area contributed by atoms with Crippen LogP contribution in [-0.4, -0.2) is 11.2 Å². The van der Waals surface area contributed by atoms with Gasteiger partial charge in [0.05, 0.1) is 6.10 Å². The Bertz CT molecular complexity index is 127. The maximum absolute atomic E-state index is 8.98. The number of aliphatic hydroxyl groups excluding tert-OH is 1. The molecule has 0 amide bonds. The summed E-state index contributed by atoms with van der Waals surface area (Å²) in [4.78, 5) is 0. The number of rotatable bonds is 2. The van der Waals surface area contributed by atoms with E-state index in [-0.39, 0.29) is 6.10 Å². The highest BCUT2D eigenvalue weighted by molar-refractivity contribution is 5.14. The van der Waals surface area contributed by atoms with Gasteiger partial charge in [0.1, 0.15) is 0 Å². The van der Waals surface area contributed by atoms with Crippen LogP contribution in [0, 0.1) is 11.8 Å². The van der Waals surface area contributed by atoms with Gasteiger partial charge in [-0.25, -0.2) is 0 Å². The van der Waals surface area contributed by atoms with Crippen molar-refractivity contribution in [2.45, 2.75) is 26.4 Å². The average molecular weight is 126 g/mol. The summed E-state index contributed by atoms with van der Waals surface area (Å²) in [5, 5.41) is 8.98. The summed E-state index contributed by atoms with van der Waals surface area (Å²) in [6.07, 6.45) is 0.872. The highest BCUT2D eigenvalue weighted by Gasteiger charge is 2.37. The Hall–Kier alpha value is -0.300. The summed E-state index contributed by atoms with van der Waals surface area (Å²) in [6, 6.07) is 0. The van der Waals surface area contributed by atoms with E-state index in [1.807, 2.05) is 0 Å². The SMILES string of the molecule is C=C(C(C)C)C1CC1O. The highest BCUT2D eigenvalue weighted by atomic mass is 16.3. The second kappa shape index (κ2) is 2.14. The lowest BCUT2D eigenvalue weighted by atomic mass is 10.0. The number of hydrogen-bond acceptors (Lipinski definition) is 1. The molecule has 1 nitrogen and oxygen atoms in total. The lowest BCUT2D eigenvalue weighted by Gasteiger charge is -2.05. The summed E-state index contributed by atoms with van der Waals surface area (Å²) < 4.78 is 0. The summed E-state index contributed by atoms with van der Waals surface area (Å²) in [5.74, 6) is 0.956. The van der Waals surface area contributed by atoms with Gasteiger partial charge >= 0.3 is 0 Å². The minimum Gasteiger partial charge on any atom is -0.392 e. The first kappa shape index (κ1) is 6.81. The van der Waals surface area contributed by atoms with E-state index in [2.05, 4.69) is 20.4 Å². The maximum atomic E-state index is 8.98. The molecule has 2 unspecified atom stereocenters. The molecule has 0 aliphatic heterocycles. The Morgan fingerprint density at radius 3 is 2.22 bits per heavy atom. The summed E-state index contributed by atoms with van der Waals surface area (Å²) in [7, 11) is 0. The molecule has 0 saturated heterocycles. The third-order valence-corrected chi connectivity index (χ3v) is 1.97. The molecule has 1 fully saturated rings. The molecule has 0 radical (unpaired) electrons. The van der Waals surface area contributed by atoms with Gasteiger partial charge in [-0.1, -0.05) is 26.0 Å². The Labute approximate surface area is 56.4 Å². The fraction of sp³-hybridized carbons (Fsp3) is 0.750. The third-order valence-electron chi connectivity index (χ3n) is 1.97. The minimum absolute atomic E-state index is 0.0695. The summed E-state index contributed by atoms with van der Waals surface area (Å²) >= 11 is 0. The first-order chi connectivity index (χ1) is 4.13. The predicted molar refractivity (Wildman–Crippen MR) is 38.1 cm³/mol. The van der Waals surface area contributed by atoms with Crippen LogP contribution < -0.4 is 0 Å². The van der Waals surface area contributed by atoms with Gasteiger partial charge < -0.3 is 5.11 Å². The normalized spacial score (nSPS) is 32.9. The lowest BCUT2D eigenvalue weighted by Crippen LogP contribution is -1.97. The molecule has 1 N–H and O–H groups in total. The van der Waals surface area contributed by atoms with Crippen LogP contribution in [0.1, 0.15) is 20.3 Å². The van der Waals surface area contributed by atoms with Crippen molar-refractivity contribution >= 4 is 0 Å². The van der Waals surface area contributed by atoms with Crippen LogP contribution >= 0.6 is 0 Å². The highest BCUT2D eigenvalue weighted by Crippen LogP contribution is 2.39. The van der Waals surface area contributed by atoms with E-state index in [1.165, 1.54) is 5.57 Å². The molecular formula is C8H14O. The van der Waals surface area contributed by atoms with Gasteiger partial charge in [0.25, 0.3) is 0 Å². The first-order valence-electron chi connectivity index (χ1n) is 3.49. The fourth-order valence-electron chi connectivity index (χ4n) is 1.01. The zero-order valence-electron chi connectivity index (χ0n) is 6.09. The molecule has 2 atom stereocenters. The Morgan fingerprint density at radius 1 is 1.67 bits per heavy atom. The zero-order chi connectivity index (χ0) is 7.02. The van der Waals surface area contributed by atoms with Gasteiger partial charge in [-0.3, -0.25) is 0 Å². The average Bonchev–Trinajstić information content (AvgIpc) is 2.44. The topological polar surface area (TPSA) is 20.2 Å². The largest absolute Gasteiger partial charge is 0.392 e. The van der Waals surface area contributed by atoms with Crippen LogP contribution in [0.5, 0.6) is 0 Å². The molecule has 9 heavy (non-hydrogen) atoms. The van der Waals surface area contributed by atoms with Crippen molar-refractivity contribution < 1.29 is 5.11 Å². The van der Waals surface area contributed by atoms with Gasteiger partial charge in [0.2, 0.25) is 0 Å². The summed E-state index contributed by atoms with van der Waals surface area (Å²) in [5.41, 5.74) is 1.21. The van der Waals surface area contributed by atoms with Crippen molar-refractivity contribution in [3.05, 3.63) is 12.2 Å². The van der Waals surface area contributed by atoms with Gasteiger partial charge in [0.15, 0.2) is 0 Å². The molecule has 52 valence electrons. The molecule has 0 aromatic heterocycles. The van der Waals surface area contributed by atoms with Gasteiger partial charge in [-0.15, -0.1) is 0 Å².